The molecule has 0 bridgehead atoms. The highest BCUT2D eigenvalue weighted by Gasteiger charge is 2.01. The summed E-state index contributed by atoms with van der Waals surface area (Å²) in [4.78, 5) is 0. The Balaban J connectivity index is 3.09. The molecule has 0 saturated carbocycles. The van der Waals surface area contributed by atoms with Crippen LogP contribution in [0, 0.1) is 13.8 Å². The molecule has 0 saturated heterocycles. The lowest BCUT2D eigenvalue weighted by Crippen LogP contribution is -2.07. The van der Waals surface area contributed by atoms with Gasteiger partial charge in [-0.3, -0.25) is 0 Å². The predicted molar refractivity (Wildman–Crippen MR) is 56.4 cm³/mol. The van der Waals surface area contributed by atoms with Crippen molar-refractivity contribution in [1.82, 2.24) is 5.32 Å². The van der Waals surface area contributed by atoms with E-state index in [-0.39, 0.29) is 0 Å². The molecule has 0 atom stereocenters. The van der Waals surface area contributed by atoms with Crippen molar-refractivity contribution in [2.24, 2.45) is 0 Å². The van der Waals surface area contributed by atoms with E-state index in [4.69, 9.17) is 0 Å². The summed E-state index contributed by atoms with van der Waals surface area (Å²) in [6.45, 7) is 5.19. The van der Waals surface area contributed by atoms with Gasteiger partial charge in [-0.1, -0.05) is 22.0 Å². The van der Waals surface area contributed by atoms with Gasteiger partial charge in [0.1, 0.15) is 0 Å². The van der Waals surface area contributed by atoms with Gasteiger partial charge in [0.05, 0.1) is 0 Å². The molecule has 0 amide bonds. The summed E-state index contributed by atoms with van der Waals surface area (Å²) in [5.74, 6) is 0. The molecule has 1 aromatic rings. The molecule has 2 heteroatoms. The predicted octanol–water partition coefficient (Wildman–Crippen LogP) is 2.79. The van der Waals surface area contributed by atoms with Crippen molar-refractivity contribution in [3.63, 3.8) is 0 Å². The molecule has 0 aliphatic carbocycles. The Morgan fingerprint density at radius 3 is 2.58 bits per heavy atom. The van der Waals surface area contributed by atoms with Crippen molar-refractivity contribution in [2.75, 3.05) is 7.05 Å². The van der Waals surface area contributed by atoms with Crippen LogP contribution in [0.25, 0.3) is 0 Å². The SMILES string of the molecule is CNCc1cc(C)cc(Br)c1C. The normalized spacial score (nSPS) is 10.3. The minimum absolute atomic E-state index is 0.937. The van der Waals surface area contributed by atoms with E-state index in [9.17, 15) is 0 Å². The second kappa shape index (κ2) is 4.06. The van der Waals surface area contributed by atoms with Crippen LogP contribution in [0.15, 0.2) is 16.6 Å². The Hall–Kier alpha value is -0.340. The Morgan fingerprint density at radius 1 is 1.33 bits per heavy atom. The van der Waals surface area contributed by atoms with Crippen LogP contribution in [0.1, 0.15) is 16.7 Å². The third kappa shape index (κ3) is 2.08. The summed E-state index contributed by atoms with van der Waals surface area (Å²) < 4.78 is 1.20. The Morgan fingerprint density at radius 2 is 2.00 bits per heavy atom. The molecule has 0 aliphatic heterocycles. The van der Waals surface area contributed by atoms with E-state index in [0.29, 0.717) is 0 Å². The van der Waals surface area contributed by atoms with Crippen LogP contribution in [0.2, 0.25) is 0 Å². The molecule has 1 nitrogen and oxygen atoms in total. The summed E-state index contributed by atoms with van der Waals surface area (Å²) >= 11 is 3.54. The van der Waals surface area contributed by atoms with Crippen LogP contribution in [0.5, 0.6) is 0 Å². The number of hydrogen-bond acceptors (Lipinski definition) is 1. The first-order chi connectivity index (χ1) is 5.65. The van der Waals surface area contributed by atoms with Crippen molar-refractivity contribution in [2.45, 2.75) is 20.4 Å². The summed E-state index contributed by atoms with van der Waals surface area (Å²) in [6.07, 6.45) is 0. The molecule has 12 heavy (non-hydrogen) atoms. The zero-order valence-corrected chi connectivity index (χ0v) is 9.33. The quantitative estimate of drug-likeness (QED) is 0.820. The van der Waals surface area contributed by atoms with Crippen LogP contribution in [-0.4, -0.2) is 7.05 Å². The van der Waals surface area contributed by atoms with Gasteiger partial charge >= 0.3 is 0 Å². The summed E-state index contributed by atoms with van der Waals surface area (Å²) in [6, 6.07) is 4.37. The molecule has 66 valence electrons. The molecule has 0 fully saturated rings. The average Bonchev–Trinajstić information content (AvgIpc) is 2.00. The van der Waals surface area contributed by atoms with Crippen molar-refractivity contribution in [3.8, 4) is 0 Å². The maximum absolute atomic E-state index is 3.54. The molecule has 0 aromatic heterocycles. The van der Waals surface area contributed by atoms with Crippen LogP contribution >= 0.6 is 15.9 Å². The van der Waals surface area contributed by atoms with E-state index < -0.39 is 0 Å². The van der Waals surface area contributed by atoms with Gasteiger partial charge in [-0.15, -0.1) is 0 Å². The lowest BCUT2D eigenvalue weighted by atomic mass is 10.1. The zero-order valence-electron chi connectivity index (χ0n) is 7.74. The molecule has 1 aromatic carbocycles. The second-order valence-corrected chi connectivity index (χ2v) is 3.92. The third-order valence-corrected chi connectivity index (χ3v) is 2.79. The zero-order chi connectivity index (χ0) is 9.14. The molecule has 0 spiro atoms. The number of halogens is 1. The van der Waals surface area contributed by atoms with Crippen LogP contribution in [0.4, 0.5) is 0 Å². The lowest BCUT2D eigenvalue weighted by Gasteiger charge is -2.08. The van der Waals surface area contributed by atoms with Crippen LogP contribution < -0.4 is 5.32 Å². The molecule has 0 heterocycles. The fourth-order valence-electron chi connectivity index (χ4n) is 1.26. The molecule has 1 rings (SSSR count). The maximum atomic E-state index is 3.54. The number of benzene rings is 1. The highest BCUT2D eigenvalue weighted by atomic mass is 79.9. The van der Waals surface area contributed by atoms with Gasteiger partial charge < -0.3 is 5.32 Å². The first kappa shape index (κ1) is 9.75. The van der Waals surface area contributed by atoms with E-state index >= 15 is 0 Å². The minimum atomic E-state index is 0.937. The molecule has 1 N–H and O–H groups in total. The first-order valence-electron chi connectivity index (χ1n) is 4.05. The van der Waals surface area contributed by atoms with E-state index in [2.05, 4.69) is 47.2 Å². The van der Waals surface area contributed by atoms with Gasteiger partial charge in [-0.25, -0.2) is 0 Å². The molecule has 0 unspecified atom stereocenters. The van der Waals surface area contributed by atoms with E-state index in [0.717, 1.165) is 6.54 Å². The second-order valence-electron chi connectivity index (χ2n) is 3.06. The molecular weight excluding hydrogens is 214 g/mol. The molecule has 0 aliphatic rings. The van der Waals surface area contributed by atoms with Gasteiger partial charge in [-0.2, -0.15) is 0 Å². The summed E-state index contributed by atoms with van der Waals surface area (Å²) in [7, 11) is 1.97. The van der Waals surface area contributed by atoms with Gasteiger partial charge in [0.2, 0.25) is 0 Å². The largest absolute Gasteiger partial charge is 0.316 e. The summed E-state index contributed by atoms with van der Waals surface area (Å²) in [5, 5.41) is 3.16. The number of aryl methyl sites for hydroxylation is 1. The van der Waals surface area contributed by atoms with Crippen molar-refractivity contribution >= 4 is 15.9 Å². The van der Waals surface area contributed by atoms with Crippen molar-refractivity contribution in [3.05, 3.63) is 33.3 Å². The monoisotopic (exact) mass is 227 g/mol. The Labute approximate surface area is 82.3 Å². The van der Waals surface area contributed by atoms with Gasteiger partial charge in [0.15, 0.2) is 0 Å². The highest BCUT2D eigenvalue weighted by molar-refractivity contribution is 9.10. The van der Waals surface area contributed by atoms with Crippen molar-refractivity contribution < 1.29 is 0 Å². The van der Waals surface area contributed by atoms with E-state index in [1.807, 2.05) is 7.05 Å². The topological polar surface area (TPSA) is 12.0 Å². The smallest absolute Gasteiger partial charge is 0.0210 e. The fourth-order valence-corrected chi connectivity index (χ4v) is 1.88. The van der Waals surface area contributed by atoms with E-state index in [1.165, 1.54) is 21.2 Å². The highest BCUT2D eigenvalue weighted by Crippen LogP contribution is 2.21. The van der Waals surface area contributed by atoms with Gasteiger partial charge in [0, 0.05) is 11.0 Å². The lowest BCUT2D eigenvalue weighted by molar-refractivity contribution is 0.810. The maximum Gasteiger partial charge on any atom is 0.0210 e. The van der Waals surface area contributed by atoms with Crippen LogP contribution in [0.3, 0.4) is 0 Å². The standard InChI is InChI=1S/C10H14BrN/c1-7-4-9(6-12-3)8(2)10(11)5-7/h4-5,12H,6H2,1-3H3. The van der Waals surface area contributed by atoms with Gasteiger partial charge in [-0.05, 0) is 43.7 Å². The molecular formula is C10H14BrN. The summed E-state index contributed by atoms with van der Waals surface area (Å²) in [5.41, 5.74) is 4.00. The number of nitrogens with one attached hydrogen (secondary N) is 1. The van der Waals surface area contributed by atoms with Gasteiger partial charge in [0.25, 0.3) is 0 Å². The molecule has 0 radical (unpaired) electrons. The van der Waals surface area contributed by atoms with Crippen LogP contribution in [-0.2, 0) is 6.54 Å². The number of hydrogen-bond donors (Lipinski definition) is 1. The minimum Gasteiger partial charge on any atom is -0.316 e. The van der Waals surface area contributed by atoms with Crippen molar-refractivity contribution in [1.29, 1.82) is 0 Å². The Kier molecular flexibility index (Phi) is 3.29. The number of rotatable bonds is 2. The average molecular weight is 228 g/mol. The third-order valence-electron chi connectivity index (χ3n) is 1.96. The Bertz CT molecular complexity index is 281. The fraction of sp³-hybridized carbons (Fsp3) is 0.400. The first-order valence-corrected chi connectivity index (χ1v) is 4.84. The van der Waals surface area contributed by atoms with E-state index in [1.54, 1.807) is 0 Å².